The van der Waals surface area contributed by atoms with E-state index in [-0.39, 0.29) is 17.9 Å². The zero-order valence-electron chi connectivity index (χ0n) is 12.1. The van der Waals surface area contributed by atoms with Gasteiger partial charge in [-0.05, 0) is 46.4 Å². The standard InChI is InChI=1S/C16H12BrNO3S2/c1-2-21-16(20)12(13(19)9-7-8-22-14(9)17)15-18-10-5-3-4-6-11(10)23-15/h3-8,19H,2H2,1H3. The average molecular weight is 410 g/mol. The number of hydrogen-bond acceptors (Lipinski definition) is 6. The summed E-state index contributed by atoms with van der Waals surface area (Å²) < 4.78 is 6.81. The van der Waals surface area contributed by atoms with E-state index >= 15 is 0 Å². The number of thiophene rings is 1. The average Bonchev–Trinajstić information content (AvgIpc) is 3.13. The minimum absolute atomic E-state index is 0.0900. The topological polar surface area (TPSA) is 59.4 Å². The van der Waals surface area contributed by atoms with Crippen molar-refractivity contribution in [1.82, 2.24) is 4.98 Å². The van der Waals surface area contributed by atoms with Gasteiger partial charge < -0.3 is 9.84 Å². The van der Waals surface area contributed by atoms with Gasteiger partial charge in [-0.1, -0.05) is 12.1 Å². The van der Waals surface area contributed by atoms with E-state index in [2.05, 4.69) is 20.9 Å². The molecule has 0 amide bonds. The molecule has 0 bridgehead atoms. The molecule has 0 aliphatic rings. The van der Waals surface area contributed by atoms with Crippen LogP contribution in [-0.2, 0) is 9.53 Å². The van der Waals surface area contributed by atoms with E-state index in [1.54, 1.807) is 13.0 Å². The van der Waals surface area contributed by atoms with E-state index < -0.39 is 5.97 Å². The molecule has 0 aliphatic heterocycles. The first kappa shape index (κ1) is 16.2. The minimum atomic E-state index is -0.581. The van der Waals surface area contributed by atoms with Crippen LogP contribution in [0.3, 0.4) is 0 Å². The third-order valence-corrected chi connectivity index (χ3v) is 5.84. The summed E-state index contributed by atoms with van der Waals surface area (Å²) in [4.78, 5) is 16.8. The molecule has 7 heteroatoms. The van der Waals surface area contributed by atoms with Crippen LogP contribution in [0.25, 0.3) is 21.5 Å². The molecule has 0 spiro atoms. The van der Waals surface area contributed by atoms with Crippen molar-refractivity contribution in [3.8, 4) is 0 Å². The highest BCUT2D eigenvalue weighted by molar-refractivity contribution is 9.11. The first-order valence-electron chi connectivity index (χ1n) is 6.81. The van der Waals surface area contributed by atoms with Crippen molar-refractivity contribution in [2.75, 3.05) is 6.61 Å². The molecule has 23 heavy (non-hydrogen) atoms. The first-order chi connectivity index (χ1) is 11.1. The number of nitrogens with zero attached hydrogens (tertiary/aromatic N) is 1. The Labute approximate surface area is 149 Å². The smallest absolute Gasteiger partial charge is 0.345 e. The van der Waals surface area contributed by atoms with Gasteiger partial charge >= 0.3 is 5.97 Å². The van der Waals surface area contributed by atoms with Crippen LogP contribution in [0.5, 0.6) is 0 Å². The second-order valence-electron chi connectivity index (χ2n) is 4.54. The normalized spacial score (nSPS) is 12.3. The Bertz CT molecular complexity index is 865. The molecule has 0 fully saturated rings. The molecule has 1 aromatic carbocycles. The fraction of sp³-hybridized carbons (Fsp3) is 0.125. The zero-order valence-corrected chi connectivity index (χ0v) is 15.3. The number of rotatable bonds is 4. The second-order valence-corrected chi connectivity index (χ2v) is 7.80. The van der Waals surface area contributed by atoms with Crippen LogP contribution in [0.2, 0.25) is 0 Å². The van der Waals surface area contributed by atoms with Gasteiger partial charge in [-0.2, -0.15) is 0 Å². The van der Waals surface area contributed by atoms with E-state index in [0.29, 0.717) is 10.6 Å². The lowest BCUT2D eigenvalue weighted by Crippen LogP contribution is -2.09. The highest BCUT2D eigenvalue weighted by atomic mass is 79.9. The molecule has 0 aliphatic carbocycles. The second kappa shape index (κ2) is 6.82. The molecule has 0 saturated heterocycles. The molecule has 2 heterocycles. The number of esters is 1. The summed E-state index contributed by atoms with van der Waals surface area (Å²) in [5.41, 5.74) is 1.43. The van der Waals surface area contributed by atoms with E-state index in [9.17, 15) is 9.90 Å². The van der Waals surface area contributed by atoms with Gasteiger partial charge in [0.25, 0.3) is 0 Å². The Morgan fingerprint density at radius 3 is 2.78 bits per heavy atom. The molecule has 0 atom stereocenters. The third kappa shape index (κ3) is 3.17. The van der Waals surface area contributed by atoms with Crippen LogP contribution in [0.1, 0.15) is 17.5 Å². The maximum absolute atomic E-state index is 12.4. The Hall–Kier alpha value is -1.70. The maximum atomic E-state index is 12.4. The number of aromatic nitrogens is 1. The lowest BCUT2D eigenvalue weighted by molar-refractivity contribution is -0.136. The molecule has 1 N–H and O–H groups in total. The van der Waals surface area contributed by atoms with E-state index in [1.807, 2.05) is 29.6 Å². The first-order valence-corrected chi connectivity index (χ1v) is 9.30. The summed E-state index contributed by atoms with van der Waals surface area (Å²) in [6, 6.07) is 9.34. The summed E-state index contributed by atoms with van der Waals surface area (Å²) in [6.45, 7) is 1.96. The highest BCUT2D eigenvalue weighted by Crippen LogP contribution is 2.36. The summed E-state index contributed by atoms with van der Waals surface area (Å²) in [7, 11) is 0. The molecule has 0 radical (unpaired) electrons. The third-order valence-electron chi connectivity index (χ3n) is 3.10. The molecule has 0 saturated carbocycles. The van der Waals surface area contributed by atoms with Crippen LogP contribution in [0.15, 0.2) is 39.5 Å². The predicted molar refractivity (Wildman–Crippen MR) is 97.7 cm³/mol. The van der Waals surface area contributed by atoms with Crippen LogP contribution in [-0.4, -0.2) is 22.7 Å². The number of halogens is 1. The van der Waals surface area contributed by atoms with Gasteiger partial charge in [-0.25, -0.2) is 9.78 Å². The number of fused-ring (bicyclic) bond motifs is 1. The molecule has 118 valence electrons. The predicted octanol–water partition coefficient (Wildman–Crippen LogP) is 5.11. The number of carbonyl (C=O) groups excluding carboxylic acids is 1. The quantitative estimate of drug-likeness (QED) is 0.369. The van der Waals surface area contributed by atoms with Crippen molar-refractivity contribution < 1.29 is 14.6 Å². The minimum Gasteiger partial charge on any atom is -0.506 e. The van der Waals surface area contributed by atoms with Gasteiger partial charge in [0, 0.05) is 5.56 Å². The highest BCUT2D eigenvalue weighted by Gasteiger charge is 2.25. The number of thiazole rings is 1. The van der Waals surface area contributed by atoms with Gasteiger partial charge in [0.1, 0.15) is 16.3 Å². The number of carbonyl (C=O) groups is 1. The molecule has 3 aromatic rings. The van der Waals surface area contributed by atoms with Crippen LogP contribution in [0, 0.1) is 0 Å². The number of aliphatic hydroxyl groups is 1. The van der Waals surface area contributed by atoms with Crippen molar-refractivity contribution in [2.45, 2.75) is 6.92 Å². The Morgan fingerprint density at radius 1 is 1.35 bits per heavy atom. The van der Waals surface area contributed by atoms with Gasteiger partial charge in [0.2, 0.25) is 0 Å². The van der Waals surface area contributed by atoms with Crippen LogP contribution < -0.4 is 0 Å². The summed E-state index contributed by atoms with van der Waals surface area (Å²) in [5.74, 6) is -0.710. The molecule has 3 rings (SSSR count). The van der Waals surface area contributed by atoms with E-state index in [4.69, 9.17) is 4.74 Å². The molecular weight excluding hydrogens is 398 g/mol. The largest absolute Gasteiger partial charge is 0.506 e. The van der Waals surface area contributed by atoms with Crippen molar-refractivity contribution in [2.24, 2.45) is 0 Å². The maximum Gasteiger partial charge on any atom is 0.345 e. The van der Waals surface area contributed by atoms with E-state index in [0.717, 1.165) is 14.0 Å². The van der Waals surface area contributed by atoms with Crippen molar-refractivity contribution in [3.05, 3.63) is 50.1 Å². The summed E-state index contributed by atoms with van der Waals surface area (Å²) in [6.07, 6.45) is 0. The van der Waals surface area contributed by atoms with Gasteiger partial charge in [0.15, 0.2) is 0 Å². The SMILES string of the molecule is CCOC(=O)C(=C(O)c1ccsc1Br)c1nc2ccccc2s1. The summed E-state index contributed by atoms with van der Waals surface area (Å²) >= 11 is 6.16. The van der Waals surface area contributed by atoms with Gasteiger partial charge in [0.05, 0.1) is 20.6 Å². The molecule has 4 nitrogen and oxygen atoms in total. The molecule has 2 aromatic heterocycles. The van der Waals surface area contributed by atoms with Gasteiger partial charge in [-0.3, -0.25) is 0 Å². The molecule has 0 unspecified atom stereocenters. The number of ether oxygens (including phenoxy) is 1. The fourth-order valence-corrected chi connectivity index (χ4v) is 4.32. The van der Waals surface area contributed by atoms with E-state index in [1.165, 1.54) is 22.7 Å². The van der Waals surface area contributed by atoms with Crippen LogP contribution in [0.4, 0.5) is 0 Å². The number of hydrogen-bond donors (Lipinski definition) is 1. The lowest BCUT2D eigenvalue weighted by Gasteiger charge is -2.07. The van der Waals surface area contributed by atoms with Crippen molar-refractivity contribution in [1.29, 1.82) is 0 Å². The zero-order chi connectivity index (χ0) is 16.4. The van der Waals surface area contributed by atoms with Crippen molar-refractivity contribution >= 4 is 66.1 Å². The fourth-order valence-electron chi connectivity index (χ4n) is 2.07. The Morgan fingerprint density at radius 2 is 2.13 bits per heavy atom. The van der Waals surface area contributed by atoms with Crippen molar-refractivity contribution in [3.63, 3.8) is 0 Å². The number of para-hydroxylation sites is 1. The monoisotopic (exact) mass is 409 g/mol. The van der Waals surface area contributed by atoms with Gasteiger partial charge in [-0.15, -0.1) is 22.7 Å². The summed E-state index contributed by atoms with van der Waals surface area (Å²) in [5, 5.41) is 12.9. The van der Waals surface area contributed by atoms with Crippen LogP contribution >= 0.6 is 38.6 Å². The Balaban J connectivity index is 2.19. The number of aliphatic hydroxyl groups excluding tert-OH is 1. The number of benzene rings is 1. The lowest BCUT2D eigenvalue weighted by atomic mass is 10.1. The Kier molecular flexibility index (Phi) is 4.79. The molecular formula is C16H12BrNO3S2.